The fraction of sp³-hybridized carbons (Fsp3) is 0.368. The number of hydrogen-bond donors (Lipinski definition) is 1. The first-order chi connectivity index (χ1) is 11.5. The third-order valence-electron chi connectivity index (χ3n) is 4.26. The molecule has 2 aromatic rings. The highest BCUT2D eigenvalue weighted by atomic mass is 16.5. The predicted octanol–water partition coefficient (Wildman–Crippen LogP) is 2.48. The Labute approximate surface area is 141 Å². The summed E-state index contributed by atoms with van der Waals surface area (Å²) in [4.78, 5) is 18.3. The van der Waals surface area contributed by atoms with Gasteiger partial charge in [-0.25, -0.2) is 0 Å². The highest BCUT2D eigenvalue weighted by Crippen LogP contribution is 2.27. The summed E-state index contributed by atoms with van der Waals surface area (Å²) in [5.74, 6) is 0.772. The molecule has 24 heavy (non-hydrogen) atoms. The number of β-amino-alcohol motifs (C(OH)–C–C–N with tert-alkyl or cyclic N) is 1. The van der Waals surface area contributed by atoms with Gasteiger partial charge in [0, 0.05) is 36.6 Å². The lowest BCUT2D eigenvalue weighted by molar-refractivity contribution is 0.0764. The minimum absolute atomic E-state index is 0.0310. The van der Waals surface area contributed by atoms with Crippen LogP contribution in [0.25, 0.3) is 0 Å². The number of amides is 1. The van der Waals surface area contributed by atoms with Gasteiger partial charge in [0.15, 0.2) is 0 Å². The monoisotopic (exact) mass is 326 g/mol. The first-order valence-electron chi connectivity index (χ1n) is 8.15. The fourth-order valence-corrected chi connectivity index (χ4v) is 3.05. The van der Waals surface area contributed by atoms with Crippen LogP contribution < -0.4 is 4.74 Å². The molecule has 0 spiro atoms. The summed E-state index contributed by atoms with van der Waals surface area (Å²) in [6.07, 6.45) is 3.76. The number of benzene rings is 1. The van der Waals surface area contributed by atoms with Crippen LogP contribution in [0, 0.1) is 13.8 Å². The van der Waals surface area contributed by atoms with Gasteiger partial charge in [-0.05, 0) is 49.6 Å². The van der Waals surface area contributed by atoms with Crippen molar-refractivity contribution in [1.82, 2.24) is 9.88 Å². The van der Waals surface area contributed by atoms with Crippen molar-refractivity contribution in [3.63, 3.8) is 0 Å². The van der Waals surface area contributed by atoms with Crippen molar-refractivity contribution in [2.45, 2.75) is 33.0 Å². The minimum atomic E-state index is -0.404. The van der Waals surface area contributed by atoms with Crippen molar-refractivity contribution in [3.8, 4) is 5.75 Å². The van der Waals surface area contributed by atoms with Crippen LogP contribution in [0.3, 0.4) is 0 Å². The van der Waals surface area contributed by atoms with Crippen LogP contribution >= 0.6 is 0 Å². The zero-order valence-electron chi connectivity index (χ0n) is 14.0. The Kier molecular flexibility index (Phi) is 4.81. The van der Waals surface area contributed by atoms with E-state index < -0.39 is 6.10 Å². The molecule has 0 radical (unpaired) electrons. The molecular weight excluding hydrogens is 304 g/mol. The zero-order valence-corrected chi connectivity index (χ0v) is 14.0. The molecule has 0 bridgehead atoms. The topological polar surface area (TPSA) is 62.7 Å². The first-order valence-corrected chi connectivity index (χ1v) is 8.15. The lowest BCUT2D eigenvalue weighted by Gasteiger charge is -2.18. The van der Waals surface area contributed by atoms with Crippen LogP contribution in [-0.4, -0.2) is 40.1 Å². The number of carbonyl (C=O) groups excluding carboxylic acids is 1. The Morgan fingerprint density at radius 2 is 2.12 bits per heavy atom. The molecule has 0 unspecified atom stereocenters. The van der Waals surface area contributed by atoms with Crippen LogP contribution in [0.2, 0.25) is 0 Å². The summed E-state index contributed by atoms with van der Waals surface area (Å²) in [5.41, 5.74) is 3.51. The van der Waals surface area contributed by atoms with Gasteiger partial charge >= 0.3 is 0 Å². The van der Waals surface area contributed by atoms with Gasteiger partial charge in [-0.1, -0.05) is 6.07 Å². The van der Waals surface area contributed by atoms with Gasteiger partial charge < -0.3 is 14.7 Å². The van der Waals surface area contributed by atoms with E-state index in [4.69, 9.17) is 4.74 Å². The third-order valence-corrected chi connectivity index (χ3v) is 4.26. The average molecular weight is 326 g/mol. The van der Waals surface area contributed by atoms with E-state index in [1.807, 2.05) is 38.1 Å². The number of rotatable bonds is 4. The lowest BCUT2D eigenvalue weighted by atomic mass is 10.0. The van der Waals surface area contributed by atoms with Gasteiger partial charge in [0.05, 0.1) is 6.10 Å². The first kappa shape index (κ1) is 16.5. The molecule has 0 aliphatic carbocycles. The highest BCUT2D eigenvalue weighted by Gasteiger charge is 2.26. The molecule has 1 amide bonds. The molecule has 3 rings (SSSR count). The molecule has 126 valence electrons. The van der Waals surface area contributed by atoms with Crippen molar-refractivity contribution in [2.75, 3.05) is 13.1 Å². The van der Waals surface area contributed by atoms with E-state index in [0.717, 1.165) is 22.4 Å². The molecule has 1 aliphatic heterocycles. The number of aliphatic hydroxyl groups is 1. The number of ether oxygens (including phenoxy) is 1. The summed E-state index contributed by atoms with van der Waals surface area (Å²) < 4.78 is 5.93. The minimum Gasteiger partial charge on any atom is -0.488 e. The summed E-state index contributed by atoms with van der Waals surface area (Å²) in [6.45, 7) is 5.36. The quantitative estimate of drug-likeness (QED) is 0.937. The zero-order chi connectivity index (χ0) is 17.1. The Hall–Kier alpha value is -2.40. The second-order valence-electron chi connectivity index (χ2n) is 6.28. The van der Waals surface area contributed by atoms with E-state index in [0.29, 0.717) is 31.7 Å². The molecule has 0 saturated carbocycles. The van der Waals surface area contributed by atoms with Gasteiger partial charge in [-0.2, -0.15) is 0 Å². The number of likely N-dealkylation sites (tertiary alicyclic amines) is 1. The normalized spacial score (nSPS) is 17.1. The molecule has 2 heterocycles. The summed E-state index contributed by atoms with van der Waals surface area (Å²) >= 11 is 0. The molecule has 5 nitrogen and oxygen atoms in total. The number of aromatic nitrogens is 1. The predicted molar refractivity (Wildman–Crippen MR) is 91.0 cm³/mol. The maximum absolute atomic E-state index is 12.6. The number of aryl methyl sites for hydroxylation is 2. The molecular formula is C19H22N2O3. The molecule has 1 N–H and O–H groups in total. The number of aliphatic hydroxyl groups excluding tert-OH is 1. The standard InChI is InChI=1S/C19H22N2O3/c1-13-8-16(19(23)21-7-5-17(22)11-21)9-14(2)18(13)24-12-15-4-3-6-20-10-15/h3-4,6,8-10,17,22H,5,7,11-12H2,1-2H3/t17-/m1/s1. The van der Waals surface area contributed by atoms with Gasteiger partial charge in [-0.3, -0.25) is 9.78 Å². The number of hydrogen-bond acceptors (Lipinski definition) is 4. The second-order valence-corrected chi connectivity index (χ2v) is 6.28. The van der Waals surface area contributed by atoms with Crippen molar-refractivity contribution in [3.05, 3.63) is 58.9 Å². The van der Waals surface area contributed by atoms with Gasteiger partial charge in [0.2, 0.25) is 0 Å². The largest absolute Gasteiger partial charge is 0.488 e. The van der Waals surface area contributed by atoms with E-state index in [1.54, 1.807) is 17.3 Å². The summed E-state index contributed by atoms with van der Waals surface area (Å²) in [7, 11) is 0. The summed E-state index contributed by atoms with van der Waals surface area (Å²) in [5, 5.41) is 9.61. The van der Waals surface area contributed by atoms with Crippen LogP contribution in [0.1, 0.15) is 33.5 Å². The molecule has 1 aromatic carbocycles. The van der Waals surface area contributed by atoms with E-state index in [1.165, 1.54) is 0 Å². The molecule has 1 aromatic heterocycles. The number of pyridine rings is 1. The summed E-state index contributed by atoms with van der Waals surface area (Å²) in [6, 6.07) is 7.57. The number of nitrogens with zero attached hydrogens (tertiary/aromatic N) is 2. The molecule has 1 atom stereocenters. The second kappa shape index (κ2) is 7.01. The van der Waals surface area contributed by atoms with E-state index in [2.05, 4.69) is 4.98 Å². The van der Waals surface area contributed by atoms with Crippen LogP contribution in [0.4, 0.5) is 0 Å². The van der Waals surface area contributed by atoms with Crippen LogP contribution in [0.15, 0.2) is 36.7 Å². The molecule has 1 aliphatic rings. The Bertz CT molecular complexity index is 708. The van der Waals surface area contributed by atoms with Gasteiger partial charge in [-0.15, -0.1) is 0 Å². The third kappa shape index (κ3) is 3.57. The SMILES string of the molecule is Cc1cc(C(=O)N2CC[C@@H](O)C2)cc(C)c1OCc1cccnc1. The Morgan fingerprint density at radius 3 is 2.71 bits per heavy atom. The van der Waals surface area contributed by atoms with E-state index in [9.17, 15) is 9.90 Å². The van der Waals surface area contributed by atoms with Crippen molar-refractivity contribution >= 4 is 5.91 Å². The van der Waals surface area contributed by atoms with Gasteiger partial charge in [0.25, 0.3) is 5.91 Å². The Balaban J connectivity index is 1.75. The van der Waals surface area contributed by atoms with Crippen molar-refractivity contribution < 1.29 is 14.6 Å². The molecule has 1 fully saturated rings. The highest BCUT2D eigenvalue weighted by molar-refractivity contribution is 5.95. The fourth-order valence-electron chi connectivity index (χ4n) is 3.05. The Morgan fingerprint density at radius 1 is 1.38 bits per heavy atom. The molecule has 1 saturated heterocycles. The molecule has 5 heteroatoms. The van der Waals surface area contributed by atoms with Gasteiger partial charge in [0.1, 0.15) is 12.4 Å². The maximum Gasteiger partial charge on any atom is 0.253 e. The lowest BCUT2D eigenvalue weighted by Crippen LogP contribution is -2.29. The van der Waals surface area contributed by atoms with E-state index >= 15 is 0 Å². The van der Waals surface area contributed by atoms with Crippen molar-refractivity contribution in [1.29, 1.82) is 0 Å². The van der Waals surface area contributed by atoms with Crippen LogP contribution in [-0.2, 0) is 6.61 Å². The van der Waals surface area contributed by atoms with Crippen molar-refractivity contribution in [2.24, 2.45) is 0 Å². The maximum atomic E-state index is 12.6. The average Bonchev–Trinajstić information content (AvgIpc) is 3.00. The number of carbonyl (C=O) groups is 1. The van der Waals surface area contributed by atoms with E-state index in [-0.39, 0.29) is 5.91 Å². The smallest absolute Gasteiger partial charge is 0.253 e. The van der Waals surface area contributed by atoms with Crippen LogP contribution in [0.5, 0.6) is 5.75 Å².